The summed E-state index contributed by atoms with van der Waals surface area (Å²) in [5.41, 5.74) is 1.63. The molecule has 4 unspecified atom stereocenters. The van der Waals surface area contributed by atoms with E-state index in [0.717, 1.165) is 17.0 Å². The smallest absolute Gasteiger partial charge is 0.287 e. The second kappa shape index (κ2) is 8.37. The average Bonchev–Trinajstić information content (AvgIpc) is 3.54. The molecule has 2 aromatic heterocycles. The molecule has 4 atom stereocenters. The monoisotopic (exact) mass is 422 g/mol. The zero-order chi connectivity index (χ0) is 21.2. The van der Waals surface area contributed by atoms with Crippen LogP contribution in [0.2, 0.25) is 0 Å². The van der Waals surface area contributed by atoms with Gasteiger partial charge >= 0.3 is 0 Å². The summed E-state index contributed by atoms with van der Waals surface area (Å²) in [5.74, 6) is 1.19. The van der Waals surface area contributed by atoms with Crippen LogP contribution in [0.4, 0.5) is 5.95 Å². The number of carbonyl (C=O) groups excluding carboxylic acids is 1. The minimum absolute atomic E-state index is 0.136. The zero-order valence-electron chi connectivity index (χ0n) is 16.9. The van der Waals surface area contributed by atoms with Crippen LogP contribution in [0, 0.1) is 0 Å². The zero-order valence-corrected chi connectivity index (χ0v) is 16.9. The van der Waals surface area contributed by atoms with E-state index in [-0.39, 0.29) is 36.0 Å². The molecule has 2 N–H and O–H groups in total. The number of fused-ring (bicyclic) bond motifs is 1. The number of anilines is 1. The molecule has 4 heterocycles. The Bertz CT molecular complexity index is 1060. The second-order valence-corrected chi connectivity index (χ2v) is 7.37. The number of furan rings is 1. The van der Waals surface area contributed by atoms with Crippen LogP contribution in [0.15, 0.2) is 59.3 Å². The molecule has 5 rings (SSSR count). The number of hydrogen-bond donors (Lipinski definition) is 2. The van der Waals surface area contributed by atoms with E-state index >= 15 is 0 Å². The van der Waals surface area contributed by atoms with Crippen molar-refractivity contribution in [1.29, 1.82) is 0 Å². The van der Waals surface area contributed by atoms with Gasteiger partial charge in [0.2, 0.25) is 5.95 Å². The Morgan fingerprint density at radius 2 is 1.87 bits per heavy atom. The number of carbonyl (C=O) groups is 1. The lowest BCUT2D eigenvalue weighted by Gasteiger charge is -2.18. The van der Waals surface area contributed by atoms with Gasteiger partial charge in [0, 0.05) is 11.8 Å². The van der Waals surface area contributed by atoms with Gasteiger partial charge < -0.3 is 29.3 Å². The molecular formula is C22H22N4O5. The molecule has 3 aromatic rings. The van der Waals surface area contributed by atoms with Crippen molar-refractivity contribution >= 4 is 11.9 Å². The highest BCUT2D eigenvalue weighted by atomic mass is 16.6. The van der Waals surface area contributed by atoms with Gasteiger partial charge in [-0.1, -0.05) is 12.1 Å². The quantitative estimate of drug-likeness (QED) is 0.622. The fourth-order valence-electron chi connectivity index (χ4n) is 3.99. The van der Waals surface area contributed by atoms with E-state index in [1.165, 1.54) is 6.26 Å². The number of benzene rings is 1. The van der Waals surface area contributed by atoms with E-state index < -0.39 is 0 Å². The molecule has 9 nitrogen and oxygen atoms in total. The summed E-state index contributed by atoms with van der Waals surface area (Å²) < 4.78 is 22.5. The Labute approximate surface area is 178 Å². The molecule has 0 radical (unpaired) electrons. The van der Waals surface area contributed by atoms with E-state index in [0.29, 0.717) is 19.2 Å². The second-order valence-electron chi connectivity index (χ2n) is 7.37. The van der Waals surface area contributed by atoms with Gasteiger partial charge in [-0.25, -0.2) is 9.97 Å². The van der Waals surface area contributed by atoms with Gasteiger partial charge in [0.25, 0.3) is 5.91 Å². The Kier molecular flexibility index (Phi) is 5.27. The SMILES string of the molecule is COc1ccccc1-c1ccnc(NC2COC3C(NC(=O)c4ccco4)COC23)n1. The van der Waals surface area contributed by atoms with Crippen molar-refractivity contribution in [3.8, 4) is 17.0 Å². The van der Waals surface area contributed by atoms with Crippen molar-refractivity contribution in [3.63, 3.8) is 0 Å². The molecule has 0 bridgehead atoms. The predicted molar refractivity (Wildman–Crippen MR) is 111 cm³/mol. The van der Waals surface area contributed by atoms with Crippen LogP contribution < -0.4 is 15.4 Å². The summed E-state index contributed by atoms with van der Waals surface area (Å²) in [6.07, 6.45) is 2.69. The van der Waals surface area contributed by atoms with E-state index in [4.69, 9.17) is 18.6 Å². The van der Waals surface area contributed by atoms with E-state index in [9.17, 15) is 4.79 Å². The van der Waals surface area contributed by atoms with Crippen molar-refractivity contribution in [1.82, 2.24) is 15.3 Å². The molecule has 1 aromatic carbocycles. The molecule has 0 spiro atoms. The van der Waals surface area contributed by atoms with Crippen molar-refractivity contribution in [2.24, 2.45) is 0 Å². The third-order valence-corrected chi connectivity index (χ3v) is 5.47. The summed E-state index contributed by atoms with van der Waals surface area (Å²) >= 11 is 0. The van der Waals surface area contributed by atoms with Crippen molar-refractivity contribution in [2.45, 2.75) is 24.3 Å². The maximum Gasteiger partial charge on any atom is 0.287 e. The predicted octanol–water partition coefficient (Wildman–Crippen LogP) is 2.12. The van der Waals surface area contributed by atoms with Gasteiger partial charge in [0.05, 0.1) is 44.4 Å². The topological polar surface area (TPSA) is 108 Å². The van der Waals surface area contributed by atoms with Crippen molar-refractivity contribution in [2.75, 3.05) is 25.6 Å². The lowest BCUT2D eigenvalue weighted by Crippen LogP contribution is -2.44. The number of amides is 1. The number of nitrogens with zero attached hydrogens (tertiary/aromatic N) is 2. The van der Waals surface area contributed by atoms with E-state index in [1.807, 2.05) is 30.3 Å². The lowest BCUT2D eigenvalue weighted by molar-refractivity contribution is 0.0646. The molecule has 160 valence electrons. The van der Waals surface area contributed by atoms with Crippen LogP contribution in [0.1, 0.15) is 10.6 Å². The Morgan fingerprint density at radius 1 is 1.06 bits per heavy atom. The van der Waals surface area contributed by atoms with Crippen LogP contribution in [0.5, 0.6) is 5.75 Å². The largest absolute Gasteiger partial charge is 0.496 e. The van der Waals surface area contributed by atoms with Gasteiger partial charge in [0.1, 0.15) is 18.0 Å². The van der Waals surface area contributed by atoms with Crippen LogP contribution in [0.25, 0.3) is 11.3 Å². The third kappa shape index (κ3) is 3.85. The molecular weight excluding hydrogens is 400 g/mol. The van der Waals surface area contributed by atoms with Gasteiger partial charge in [-0.05, 0) is 30.3 Å². The van der Waals surface area contributed by atoms with E-state index in [1.54, 1.807) is 25.4 Å². The molecule has 2 aliphatic rings. The van der Waals surface area contributed by atoms with Crippen molar-refractivity contribution in [3.05, 3.63) is 60.7 Å². The minimum Gasteiger partial charge on any atom is -0.496 e. The lowest BCUT2D eigenvalue weighted by atomic mass is 10.1. The first-order valence-electron chi connectivity index (χ1n) is 10.0. The Balaban J connectivity index is 1.26. The molecule has 2 saturated heterocycles. The first-order chi connectivity index (χ1) is 15.2. The fraction of sp³-hybridized carbons (Fsp3) is 0.318. The van der Waals surface area contributed by atoms with Gasteiger partial charge in [-0.3, -0.25) is 4.79 Å². The van der Waals surface area contributed by atoms with Crippen LogP contribution in [-0.4, -0.2) is 60.5 Å². The molecule has 31 heavy (non-hydrogen) atoms. The highest BCUT2D eigenvalue weighted by molar-refractivity contribution is 5.91. The molecule has 0 saturated carbocycles. The maximum atomic E-state index is 12.3. The standard InChI is InChI=1S/C22H22N4O5/c1-28-17-6-3-2-5-13(17)14-8-9-23-22(25-14)26-16-12-31-19-15(11-30-20(16)19)24-21(27)18-7-4-10-29-18/h2-10,15-16,19-20H,11-12H2,1H3,(H,24,27)(H,23,25,26). The minimum atomic E-state index is -0.285. The van der Waals surface area contributed by atoms with Gasteiger partial charge in [-0.15, -0.1) is 0 Å². The van der Waals surface area contributed by atoms with Crippen LogP contribution in [-0.2, 0) is 9.47 Å². The Hall–Kier alpha value is -3.43. The highest BCUT2D eigenvalue weighted by Crippen LogP contribution is 2.31. The van der Waals surface area contributed by atoms with Crippen molar-refractivity contribution < 1.29 is 23.4 Å². The summed E-state index contributed by atoms with van der Waals surface area (Å²) in [6, 6.07) is 12.4. The molecule has 2 aliphatic heterocycles. The number of ether oxygens (including phenoxy) is 3. The first kappa shape index (κ1) is 19.5. The van der Waals surface area contributed by atoms with Crippen LogP contribution >= 0.6 is 0 Å². The third-order valence-electron chi connectivity index (χ3n) is 5.47. The number of nitrogens with one attached hydrogen (secondary N) is 2. The summed E-state index contributed by atoms with van der Waals surface area (Å²) in [5, 5.41) is 6.24. The normalized spacial score (nSPS) is 24.5. The Morgan fingerprint density at radius 3 is 2.68 bits per heavy atom. The average molecular weight is 422 g/mol. The molecule has 1 amide bonds. The first-order valence-corrected chi connectivity index (χ1v) is 10.0. The number of aromatic nitrogens is 2. The number of hydrogen-bond acceptors (Lipinski definition) is 8. The fourth-order valence-corrected chi connectivity index (χ4v) is 3.99. The van der Waals surface area contributed by atoms with E-state index in [2.05, 4.69) is 20.6 Å². The molecule has 2 fully saturated rings. The number of methoxy groups -OCH3 is 1. The van der Waals surface area contributed by atoms with Gasteiger partial charge in [0.15, 0.2) is 5.76 Å². The summed E-state index contributed by atoms with van der Waals surface area (Å²) in [4.78, 5) is 21.3. The highest BCUT2D eigenvalue weighted by Gasteiger charge is 2.48. The number of para-hydroxylation sites is 1. The molecule has 0 aliphatic carbocycles. The maximum absolute atomic E-state index is 12.3. The van der Waals surface area contributed by atoms with Crippen LogP contribution in [0.3, 0.4) is 0 Å². The summed E-state index contributed by atoms with van der Waals surface area (Å²) in [7, 11) is 1.63. The molecule has 9 heteroatoms. The summed E-state index contributed by atoms with van der Waals surface area (Å²) in [6.45, 7) is 0.784. The van der Waals surface area contributed by atoms with Gasteiger partial charge in [-0.2, -0.15) is 0 Å². The number of rotatable bonds is 6.